The van der Waals surface area contributed by atoms with Gasteiger partial charge >= 0.3 is 0 Å². The lowest BCUT2D eigenvalue weighted by Crippen LogP contribution is -2.35. The highest BCUT2D eigenvalue weighted by molar-refractivity contribution is 5.32. The van der Waals surface area contributed by atoms with Gasteiger partial charge in [-0.1, -0.05) is 6.07 Å². The van der Waals surface area contributed by atoms with E-state index in [2.05, 4.69) is 19.2 Å². The number of benzene rings is 1. The van der Waals surface area contributed by atoms with Crippen molar-refractivity contribution < 1.29 is 13.9 Å². The van der Waals surface area contributed by atoms with Crippen LogP contribution in [-0.2, 0) is 4.74 Å². The SMILES string of the molecule is COc1cc([C@H](C)N[C@@H](C)[C@@H]2CCOC2)ccc1F. The van der Waals surface area contributed by atoms with Gasteiger partial charge in [0, 0.05) is 18.7 Å². The zero-order chi connectivity index (χ0) is 13.8. The van der Waals surface area contributed by atoms with Crippen molar-refractivity contribution in [2.75, 3.05) is 20.3 Å². The molecule has 1 saturated heterocycles. The summed E-state index contributed by atoms with van der Waals surface area (Å²) in [5, 5.41) is 3.55. The molecular weight excluding hydrogens is 245 g/mol. The van der Waals surface area contributed by atoms with Gasteiger partial charge in [0.1, 0.15) is 0 Å². The lowest BCUT2D eigenvalue weighted by atomic mass is 9.98. The van der Waals surface area contributed by atoms with Crippen LogP contribution in [-0.4, -0.2) is 26.4 Å². The summed E-state index contributed by atoms with van der Waals surface area (Å²) >= 11 is 0. The second kappa shape index (κ2) is 6.35. The lowest BCUT2D eigenvalue weighted by Gasteiger charge is -2.24. The molecule has 1 fully saturated rings. The Hall–Kier alpha value is -1.13. The molecule has 1 aliphatic rings. The van der Waals surface area contributed by atoms with Gasteiger partial charge in [0.2, 0.25) is 0 Å². The molecule has 0 radical (unpaired) electrons. The van der Waals surface area contributed by atoms with Gasteiger partial charge < -0.3 is 14.8 Å². The average molecular weight is 267 g/mol. The summed E-state index contributed by atoms with van der Waals surface area (Å²) in [5.41, 5.74) is 1.03. The summed E-state index contributed by atoms with van der Waals surface area (Å²) in [5.74, 6) is 0.531. The minimum absolute atomic E-state index is 0.157. The molecule has 1 heterocycles. The third kappa shape index (κ3) is 3.45. The first-order chi connectivity index (χ1) is 9.11. The summed E-state index contributed by atoms with van der Waals surface area (Å²) in [7, 11) is 1.48. The molecule has 2 rings (SSSR count). The fraction of sp³-hybridized carbons (Fsp3) is 0.600. The highest BCUT2D eigenvalue weighted by Gasteiger charge is 2.23. The molecule has 0 spiro atoms. The maximum Gasteiger partial charge on any atom is 0.165 e. The molecule has 0 amide bonds. The van der Waals surface area contributed by atoms with Crippen molar-refractivity contribution >= 4 is 0 Å². The average Bonchev–Trinajstić information content (AvgIpc) is 2.93. The smallest absolute Gasteiger partial charge is 0.165 e. The van der Waals surface area contributed by atoms with E-state index in [0.717, 1.165) is 25.2 Å². The van der Waals surface area contributed by atoms with Crippen LogP contribution in [0.15, 0.2) is 18.2 Å². The third-order valence-electron chi connectivity index (χ3n) is 3.86. The van der Waals surface area contributed by atoms with Gasteiger partial charge in [0.15, 0.2) is 11.6 Å². The van der Waals surface area contributed by atoms with Gasteiger partial charge in [0.05, 0.1) is 13.7 Å². The zero-order valence-corrected chi connectivity index (χ0v) is 11.8. The first-order valence-corrected chi connectivity index (χ1v) is 6.79. The summed E-state index contributed by atoms with van der Waals surface area (Å²) in [6.45, 7) is 5.94. The van der Waals surface area contributed by atoms with Crippen LogP contribution in [0.1, 0.15) is 31.9 Å². The van der Waals surface area contributed by atoms with Gasteiger partial charge in [-0.25, -0.2) is 4.39 Å². The molecule has 0 aliphatic carbocycles. The van der Waals surface area contributed by atoms with Crippen LogP contribution in [0.3, 0.4) is 0 Å². The maximum atomic E-state index is 13.4. The molecule has 3 nitrogen and oxygen atoms in total. The molecule has 4 heteroatoms. The predicted octanol–water partition coefficient (Wildman–Crippen LogP) is 2.91. The fourth-order valence-corrected chi connectivity index (χ4v) is 2.52. The first-order valence-electron chi connectivity index (χ1n) is 6.79. The van der Waals surface area contributed by atoms with E-state index < -0.39 is 0 Å². The Morgan fingerprint density at radius 2 is 2.21 bits per heavy atom. The van der Waals surface area contributed by atoms with Crippen molar-refractivity contribution in [1.82, 2.24) is 5.32 Å². The second-order valence-electron chi connectivity index (χ2n) is 5.19. The molecule has 0 aromatic heterocycles. The van der Waals surface area contributed by atoms with Gasteiger partial charge in [0.25, 0.3) is 0 Å². The number of methoxy groups -OCH3 is 1. The number of ether oxygens (including phenoxy) is 2. The summed E-state index contributed by atoms with van der Waals surface area (Å²) < 4.78 is 23.8. The summed E-state index contributed by atoms with van der Waals surface area (Å²) in [6, 6.07) is 5.55. The number of hydrogen-bond donors (Lipinski definition) is 1. The largest absolute Gasteiger partial charge is 0.494 e. The van der Waals surface area contributed by atoms with Crippen molar-refractivity contribution in [1.29, 1.82) is 0 Å². The van der Waals surface area contributed by atoms with Crippen LogP contribution in [0.25, 0.3) is 0 Å². The number of rotatable bonds is 5. The minimum Gasteiger partial charge on any atom is -0.494 e. The van der Waals surface area contributed by atoms with E-state index in [0.29, 0.717) is 17.7 Å². The highest BCUT2D eigenvalue weighted by Crippen LogP contribution is 2.24. The van der Waals surface area contributed by atoms with Crippen molar-refractivity contribution in [2.24, 2.45) is 5.92 Å². The van der Waals surface area contributed by atoms with Crippen LogP contribution in [0.4, 0.5) is 4.39 Å². The van der Waals surface area contributed by atoms with Crippen LogP contribution in [0, 0.1) is 11.7 Å². The quantitative estimate of drug-likeness (QED) is 0.889. The van der Waals surface area contributed by atoms with Crippen molar-refractivity contribution in [3.63, 3.8) is 0 Å². The Labute approximate surface area is 114 Å². The first kappa shape index (κ1) is 14.3. The molecule has 3 atom stereocenters. The van der Waals surface area contributed by atoms with Gasteiger partial charge in [-0.05, 0) is 43.9 Å². The van der Waals surface area contributed by atoms with Gasteiger partial charge in [-0.3, -0.25) is 0 Å². The molecule has 1 aromatic rings. The fourth-order valence-electron chi connectivity index (χ4n) is 2.52. The third-order valence-corrected chi connectivity index (χ3v) is 3.86. The van der Waals surface area contributed by atoms with Crippen molar-refractivity contribution in [3.8, 4) is 5.75 Å². The molecule has 0 unspecified atom stereocenters. The number of halogens is 1. The molecule has 106 valence electrons. The maximum absolute atomic E-state index is 13.4. The minimum atomic E-state index is -0.323. The number of nitrogens with one attached hydrogen (secondary N) is 1. The Morgan fingerprint density at radius 1 is 1.42 bits per heavy atom. The predicted molar refractivity (Wildman–Crippen MR) is 72.9 cm³/mol. The summed E-state index contributed by atoms with van der Waals surface area (Å²) in [4.78, 5) is 0. The Morgan fingerprint density at radius 3 is 2.84 bits per heavy atom. The van der Waals surface area contributed by atoms with E-state index in [4.69, 9.17) is 9.47 Å². The van der Waals surface area contributed by atoms with Crippen LogP contribution in [0.5, 0.6) is 5.75 Å². The van der Waals surface area contributed by atoms with Crippen molar-refractivity contribution in [3.05, 3.63) is 29.6 Å². The van der Waals surface area contributed by atoms with E-state index in [1.807, 2.05) is 0 Å². The molecule has 19 heavy (non-hydrogen) atoms. The lowest BCUT2D eigenvalue weighted by molar-refractivity contribution is 0.177. The molecule has 0 saturated carbocycles. The number of hydrogen-bond acceptors (Lipinski definition) is 3. The topological polar surface area (TPSA) is 30.5 Å². The molecular formula is C15H22FNO2. The molecule has 0 bridgehead atoms. The highest BCUT2D eigenvalue weighted by atomic mass is 19.1. The normalized spacial score (nSPS) is 22.2. The molecule has 1 aromatic carbocycles. The summed E-state index contributed by atoms with van der Waals surface area (Å²) in [6.07, 6.45) is 1.10. The van der Waals surface area contributed by atoms with E-state index in [9.17, 15) is 4.39 Å². The Kier molecular flexibility index (Phi) is 4.77. The Balaban J connectivity index is 2.00. The standard InChI is InChI=1S/C15H22FNO2/c1-10(17-11(2)13-6-7-19-9-13)12-4-5-14(16)15(8-12)18-3/h4-5,8,10-11,13,17H,6-7,9H2,1-3H3/t10-,11-,13+/m0/s1. The van der Waals surface area contributed by atoms with Crippen LogP contribution >= 0.6 is 0 Å². The molecule has 1 aliphatic heterocycles. The van der Waals surface area contributed by atoms with Crippen LogP contribution in [0.2, 0.25) is 0 Å². The van der Waals surface area contributed by atoms with E-state index in [-0.39, 0.29) is 11.9 Å². The van der Waals surface area contributed by atoms with Gasteiger partial charge in [-0.2, -0.15) is 0 Å². The van der Waals surface area contributed by atoms with E-state index >= 15 is 0 Å². The monoisotopic (exact) mass is 267 g/mol. The van der Waals surface area contributed by atoms with E-state index in [1.165, 1.54) is 13.2 Å². The molecule has 1 N–H and O–H groups in total. The van der Waals surface area contributed by atoms with E-state index in [1.54, 1.807) is 12.1 Å². The zero-order valence-electron chi connectivity index (χ0n) is 11.8. The van der Waals surface area contributed by atoms with Crippen LogP contribution < -0.4 is 10.1 Å². The van der Waals surface area contributed by atoms with Gasteiger partial charge in [-0.15, -0.1) is 0 Å². The Bertz CT molecular complexity index is 419. The van der Waals surface area contributed by atoms with Crippen molar-refractivity contribution in [2.45, 2.75) is 32.4 Å². The second-order valence-corrected chi connectivity index (χ2v) is 5.19.